The third-order valence-electron chi connectivity index (χ3n) is 4.20. The Kier molecular flexibility index (Phi) is 8.30. The maximum atomic E-state index is 12.1. The predicted molar refractivity (Wildman–Crippen MR) is 120 cm³/mol. The van der Waals surface area contributed by atoms with Gasteiger partial charge in [-0.1, -0.05) is 46.7 Å². The molecule has 3 rings (SSSR count). The molecule has 0 aliphatic carbocycles. The number of anilines is 1. The van der Waals surface area contributed by atoms with Crippen LogP contribution >= 0.6 is 34.5 Å². The number of amides is 1. The summed E-state index contributed by atoms with van der Waals surface area (Å²) in [5.74, 6) is 1.26. The van der Waals surface area contributed by atoms with E-state index >= 15 is 0 Å². The fraction of sp³-hybridized carbons (Fsp3) is 0.286. The zero-order valence-electron chi connectivity index (χ0n) is 16.4. The highest BCUT2D eigenvalue weighted by Crippen LogP contribution is 2.27. The molecular weight excluding hydrogens is 445 g/mol. The van der Waals surface area contributed by atoms with Crippen molar-refractivity contribution < 1.29 is 14.3 Å². The molecule has 0 aliphatic rings. The van der Waals surface area contributed by atoms with Gasteiger partial charge in [-0.15, -0.1) is 10.2 Å². The first-order valence-corrected chi connectivity index (χ1v) is 10.9. The number of nitrogens with zero attached hydrogens (tertiary/aromatic N) is 2. The maximum Gasteiger partial charge on any atom is 0.226 e. The van der Waals surface area contributed by atoms with Gasteiger partial charge in [0.2, 0.25) is 11.0 Å². The van der Waals surface area contributed by atoms with Crippen LogP contribution in [0.2, 0.25) is 10.0 Å². The van der Waals surface area contributed by atoms with Gasteiger partial charge in [-0.25, -0.2) is 0 Å². The lowest BCUT2D eigenvalue weighted by Gasteiger charge is -2.07. The average molecular weight is 466 g/mol. The Morgan fingerprint density at radius 2 is 1.90 bits per heavy atom. The van der Waals surface area contributed by atoms with Crippen LogP contribution in [0.25, 0.3) is 0 Å². The van der Waals surface area contributed by atoms with Crippen LogP contribution in [0.5, 0.6) is 11.5 Å². The first kappa shape index (κ1) is 22.3. The second-order valence-electron chi connectivity index (χ2n) is 6.42. The Hall–Kier alpha value is -2.35. The summed E-state index contributed by atoms with van der Waals surface area (Å²) in [7, 11) is 1.65. The lowest BCUT2D eigenvalue weighted by atomic mass is 10.1. The Labute approximate surface area is 189 Å². The summed E-state index contributed by atoms with van der Waals surface area (Å²) < 4.78 is 10.7. The highest BCUT2D eigenvalue weighted by atomic mass is 35.5. The summed E-state index contributed by atoms with van der Waals surface area (Å²) in [6.45, 7) is 0.373. The number of benzene rings is 2. The van der Waals surface area contributed by atoms with Crippen LogP contribution in [0.1, 0.15) is 23.4 Å². The Bertz CT molecular complexity index is 980. The number of methoxy groups -OCH3 is 1. The fourth-order valence-corrected chi connectivity index (χ4v) is 3.86. The van der Waals surface area contributed by atoms with E-state index in [0.29, 0.717) is 40.4 Å². The number of nitrogens with one attached hydrogen (secondary N) is 1. The monoisotopic (exact) mass is 465 g/mol. The van der Waals surface area contributed by atoms with Crippen LogP contribution in [-0.4, -0.2) is 29.8 Å². The number of hydrogen-bond donors (Lipinski definition) is 1. The SMILES string of the molecule is COc1ccc(CCc2nnc(NC(=O)CCCOc3ccc(Cl)cc3Cl)s2)cc1. The van der Waals surface area contributed by atoms with Gasteiger partial charge in [0.25, 0.3) is 0 Å². The van der Waals surface area contributed by atoms with Crippen molar-refractivity contribution in [1.29, 1.82) is 0 Å². The molecule has 1 aromatic heterocycles. The molecule has 0 atom stereocenters. The van der Waals surface area contributed by atoms with E-state index in [-0.39, 0.29) is 5.91 Å². The normalized spacial score (nSPS) is 10.6. The topological polar surface area (TPSA) is 73.3 Å². The highest BCUT2D eigenvalue weighted by molar-refractivity contribution is 7.15. The second kappa shape index (κ2) is 11.2. The molecule has 0 radical (unpaired) electrons. The number of rotatable bonds is 10. The Morgan fingerprint density at radius 1 is 1.10 bits per heavy atom. The molecule has 0 unspecified atom stereocenters. The fourth-order valence-electron chi connectivity index (χ4n) is 2.64. The van der Waals surface area contributed by atoms with E-state index in [4.69, 9.17) is 32.7 Å². The van der Waals surface area contributed by atoms with Crippen molar-refractivity contribution in [3.63, 3.8) is 0 Å². The zero-order valence-corrected chi connectivity index (χ0v) is 18.7. The minimum Gasteiger partial charge on any atom is -0.497 e. The number of aryl methyl sites for hydroxylation is 2. The minimum absolute atomic E-state index is 0.126. The van der Waals surface area contributed by atoms with Crippen molar-refractivity contribution in [2.45, 2.75) is 25.7 Å². The predicted octanol–water partition coefficient (Wildman–Crippen LogP) is 5.44. The molecule has 0 saturated carbocycles. The third kappa shape index (κ3) is 6.86. The molecule has 1 N–H and O–H groups in total. The number of halogens is 2. The standard InChI is InChI=1S/C21H21Cl2N3O3S/c1-28-16-8-4-14(5-9-16)6-11-20-25-26-21(30-20)24-19(27)3-2-12-29-18-10-7-15(22)13-17(18)23/h4-5,7-10,13H,2-3,6,11-12H2,1H3,(H,24,26,27). The molecule has 158 valence electrons. The number of ether oxygens (including phenoxy) is 2. The van der Waals surface area contributed by atoms with Crippen LogP contribution < -0.4 is 14.8 Å². The summed E-state index contributed by atoms with van der Waals surface area (Å²) in [6, 6.07) is 13.0. The van der Waals surface area contributed by atoms with Gasteiger partial charge in [-0.3, -0.25) is 4.79 Å². The first-order valence-electron chi connectivity index (χ1n) is 9.36. The van der Waals surface area contributed by atoms with Gasteiger partial charge in [0, 0.05) is 17.9 Å². The Morgan fingerprint density at radius 3 is 2.63 bits per heavy atom. The molecule has 6 nitrogen and oxygen atoms in total. The zero-order chi connectivity index (χ0) is 21.3. The van der Waals surface area contributed by atoms with Gasteiger partial charge in [0.15, 0.2) is 0 Å². The molecule has 9 heteroatoms. The molecule has 30 heavy (non-hydrogen) atoms. The molecule has 0 spiro atoms. The van der Waals surface area contributed by atoms with Gasteiger partial charge in [0.05, 0.1) is 18.7 Å². The summed E-state index contributed by atoms with van der Waals surface area (Å²) >= 11 is 13.3. The van der Waals surface area contributed by atoms with Crippen molar-refractivity contribution in [3.8, 4) is 11.5 Å². The lowest BCUT2D eigenvalue weighted by Crippen LogP contribution is -2.12. The molecular formula is C21H21Cl2N3O3S. The smallest absolute Gasteiger partial charge is 0.226 e. The summed E-state index contributed by atoms with van der Waals surface area (Å²) in [5.41, 5.74) is 1.19. The molecule has 0 aliphatic heterocycles. The second-order valence-corrected chi connectivity index (χ2v) is 8.33. The van der Waals surface area contributed by atoms with Crippen molar-refractivity contribution >= 4 is 45.6 Å². The molecule has 1 amide bonds. The van der Waals surface area contributed by atoms with E-state index in [9.17, 15) is 4.79 Å². The van der Waals surface area contributed by atoms with Crippen LogP contribution in [0.4, 0.5) is 5.13 Å². The minimum atomic E-state index is -0.126. The van der Waals surface area contributed by atoms with E-state index in [2.05, 4.69) is 15.5 Å². The summed E-state index contributed by atoms with van der Waals surface area (Å²) in [5, 5.41) is 13.4. The summed E-state index contributed by atoms with van der Waals surface area (Å²) in [4.78, 5) is 12.1. The van der Waals surface area contributed by atoms with Crippen molar-refractivity contribution in [2.24, 2.45) is 0 Å². The molecule has 1 heterocycles. The quantitative estimate of drug-likeness (QED) is 0.403. The van der Waals surface area contributed by atoms with E-state index < -0.39 is 0 Å². The maximum absolute atomic E-state index is 12.1. The molecule has 2 aromatic carbocycles. The number of carbonyl (C=O) groups is 1. The largest absolute Gasteiger partial charge is 0.497 e. The van der Waals surface area contributed by atoms with Crippen LogP contribution in [-0.2, 0) is 17.6 Å². The molecule has 0 saturated heterocycles. The van der Waals surface area contributed by atoms with Gasteiger partial charge in [-0.05, 0) is 48.7 Å². The molecule has 0 bridgehead atoms. The van der Waals surface area contributed by atoms with Crippen molar-refractivity contribution in [3.05, 3.63) is 63.1 Å². The third-order valence-corrected chi connectivity index (χ3v) is 5.63. The Balaban J connectivity index is 1.37. The van der Waals surface area contributed by atoms with Crippen LogP contribution in [0.15, 0.2) is 42.5 Å². The van der Waals surface area contributed by atoms with Gasteiger partial charge in [-0.2, -0.15) is 0 Å². The highest BCUT2D eigenvalue weighted by Gasteiger charge is 2.09. The van der Waals surface area contributed by atoms with Crippen LogP contribution in [0.3, 0.4) is 0 Å². The first-order chi connectivity index (χ1) is 14.5. The van der Waals surface area contributed by atoms with Crippen molar-refractivity contribution in [2.75, 3.05) is 19.0 Å². The van der Waals surface area contributed by atoms with E-state index in [1.54, 1.807) is 25.3 Å². The number of carbonyl (C=O) groups excluding carboxylic acids is 1. The van der Waals surface area contributed by atoms with Crippen molar-refractivity contribution in [1.82, 2.24) is 10.2 Å². The average Bonchev–Trinajstić information content (AvgIpc) is 3.18. The molecule has 3 aromatic rings. The van der Waals surface area contributed by atoms with E-state index in [1.807, 2.05) is 24.3 Å². The number of aromatic nitrogens is 2. The van der Waals surface area contributed by atoms with Crippen LogP contribution in [0, 0.1) is 0 Å². The van der Waals surface area contributed by atoms with E-state index in [1.165, 1.54) is 16.9 Å². The lowest BCUT2D eigenvalue weighted by molar-refractivity contribution is -0.116. The summed E-state index contributed by atoms with van der Waals surface area (Å²) in [6.07, 6.45) is 2.46. The van der Waals surface area contributed by atoms with E-state index in [0.717, 1.165) is 23.6 Å². The molecule has 0 fully saturated rings. The van der Waals surface area contributed by atoms with Gasteiger partial charge >= 0.3 is 0 Å². The number of hydrogen-bond acceptors (Lipinski definition) is 6. The van der Waals surface area contributed by atoms with Gasteiger partial charge in [0.1, 0.15) is 16.5 Å². The van der Waals surface area contributed by atoms with Gasteiger partial charge < -0.3 is 14.8 Å².